The highest BCUT2D eigenvalue weighted by atomic mass is 35.5. The summed E-state index contributed by atoms with van der Waals surface area (Å²) in [6.07, 6.45) is 3.70. The molecule has 1 aliphatic carbocycles. The molecule has 2 aliphatic rings. The van der Waals surface area contributed by atoms with Gasteiger partial charge in [0.05, 0.1) is 0 Å². The number of methoxy groups -OCH3 is 1. The molecule has 0 radical (unpaired) electrons. The van der Waals surface area contributed by atoms with Gasteiger partial charge in [0.15, 0.2) is 0 Å². The summed E-state index contributed by atoms with van der Waals surface area (Å²) >= 11 is 0. The van der Waals surface area contributed by atoms with Crippen LogP contribution in [0, 0.1) is 11.8 Å². The average molecular weight is 249 g/mol. The first-order chi connectivity index (χ1) is 7.31. The number of nitrogens with one attached hydrogen (secondary N) is 2. The Morgan fingerprint density at radius 2 is 2.12 bits per heavy atom. The van der Waals surface area contributed by atoms with E-state index in [1.807, 2.05) is 0 Å². The lowest BCUT2D eigenvalue weighted by Gasteiger charge is -2.22. The fraction of sp³-hybridized carbons (Fsp3) is 0.909. The zero-order valence-corrected chi connectivity index (χ0v) is 10.5. The summed E-state index contributed by atoms with van der Waals surface area (Å²) in [4.78, 5) is 11.3. The molecule has 1 amide bonds. The van der Waals surface area contributed by atoms with Crippen molar-refractivity contribution >= 4 is 18.3 Å². The highest BCUT2D eigenvalue weighted by Gasteiger charge is 2.43. The Morgan fingerprint density at radius 3 is 2.75 bits per heavy atom. The van der Waals surface area contributed by atoms with Crippen molar-refractivity contribution in [3.05, 3.63) is 0 Å². The van der Waals surface area contributed by atoms with Crippen LogP contribution in [0.15, 0.2) is 0 Å². The molecule has 1 saturated heterocycles. The van der Waals surface area contributed by atoms with Crippen LogP contribution in [0.25, 0.3) is 0 Å². The molecule has 1 saturated carbocycles. The lowest BCUT2D eigenvalue weighted by molar-refractivity contribution is -0.124. The van der Waals surface area contributed by atoms with Gasteiger partial charge in [0.1, 0.15) is 6.61 Å². The summed E-state index contributed by atoms with van der Waals surface area (Å²) in [7, 11) is 1.55. The SMILES string of the molecule is COCC(=O)N[C@@H]1C[C@H]1C1CCNCC1.Cl. The molecule has 2 N–H and O–H groups in total. The monoisotopic (exact) mass is 248 g/mol. The van der Waals surface area contributed by atoms with Crippen LogP contribution >= 0.6 is 12.4 Å². The van der Waals surface area contributed by atoms with E-state index in [0.717, 1.165) is 24.9 Å². The quantitative estimate of drug-likeness (QED) is 0.765. The normalized spacial score (nSPS) is 29.3. The fourth-order valence-electron chi connectivity index (χ4n) is 2.55. The van der Waals surface area contributed by atoms with E-state index in [1.165, 1.54) is 19.3 Å². The third-order valence-electron chi connectivity index (χ3n) is 3.45. The number of piperidine rings is 1. The second-order valence-electron chi connectivity index (χ2n) is 4.59. The van der Waals surface area contributed by atoms with Crippen molar-refractivity contribution in [3.63, 3.8) is 0 Å². The van der Waals surface area contributed by atoms with Crippen molar-refractivity contribution in [1.82, 2.24) is 10.6 Å². The van der Waals surface area contributed by atoms with Gasteiger partial charge >= 0.3 is 0 Å². The van der Waals surface area contributed by atoms with Gasteiger partial charge in [0.2, 0.25) is 5.91 Å². The van der Waals surface area contributed by atoms with Gasteiger partial charge in [-0.25, -0.2) is 0 Å². The van der Waals surface area contributed by atoms with Gasteiger partial charge in [0, 0.05) is 13.2 Å². The molecule has 2 rings (SSSR count). The molecule has 0 unspecified atom stereocenters. The van der Waals surface area contributed by atoms with Crippen molar-refractivity contribution in [2.75, 3.05) is 26.8 Å². The predicted molar refractivity (Wildman–Crippen MR) is 64.8 cm³/mol. The molecular formula is C11H21ClN2O2. The molecule has 94 valence electrons. The fourth-order valence-corrected chi connectivity index (χ4v) is 2.55. The van der Waals surface area contributed by atoms with Gasteiger partial charge in [-0.05, 0) is 44.2 Å². The van der Waals surface area contributed by atoms with E-state index in [1.54, 1.807) is 7.11 Å². The molecule has 1 aliphatic heterocycles. The summed E-state index contributed by atoms with van der Waals surface area (Å²) in [5.41, 5.74) is 0. The van der Waals surface area contributed by atoms with Crippen molar-refractivity contribution in [2.24, 2.45) is 11.8 Å². The number of hydrogen-bond donors (Lipinski definition) is 2. The molecule has 1 heterocycles. The van der Waals surface area contributed by atoms with Crippen LogP contribution in [-0.2, 0) is 9.53 Å². The van der Waals surface area contributed by atoms with Gasteiger partial charge in [-0.15, -0.1) is 12.4 Å². The highest BCUT2D eigenvalue weighted by Crippen LogP contribution is 2.41. The minimum atomic E-state index is 0. The van der Waals surface area contributed by atoms with Gasteiger partial charge in [-0.3, -0.25) is 4.79 Å². The lowest BCUT2D eigenvalue weighted by Crippen LogP contribution is -2.33. The topological polar surface area (TPSA) is 50.4 Å². The van der Waals surface area contributed by atoms with Crippen LogP contribution in [0.1, 0.15) is 19.3 Å². The maximum Gasteiger partial charge on any atom is 0.246 e. The van der Waals surface area contributed by atoms with Crippen LogP contribution < -0.4 is 10.6 Å². The van der Waals surface area contributed by atoms with Crippen LogP contribution in [0.5, 0.6) is 0 Å². The Kier molecular flexibility index (Phi) is 5.52. The second kappa shape index (κ2) is 6.42. The van der Waals surface area contributed by atoms with Crippen LogP contribution in [0.2, 0.25) is 0 Å². The van der Waals surface area contributed by atoms with E-state index in [0.29, 0.717) is 6.04 Å². The molecule has 0 aromatic heterocycles. The number of amides is 1. The molecular weight excluding hydrogens is 228 g/mol. The first kappa shape index (κ1) is 13.7. The molecule has 0 aromatic carbocycles. The predicted octanol–water partition coefficient (Wildman–Crippen LogP) is 0.559. The summed E-state index contributed by atoms with van der Waals surface area (Å²) < 4.78 is 4.79. The van der Waals surface area contributed by atoms with Gasteiger partial charge in [-0.1, -0.05) is 0 Å². The van der Waals surface area contributed by atoms with E-state index >= 15 is 0 Å². The van der Waals surface area contributed by atoms with E-state index in [4.69, 9.17) is 4.74 Å². The van der Waals surface area contributed by atoms with Gasteiger partial charge in [-0.2, -0.15) is 0 Å². The number of ether oxygens (including phenoxy) is 1. The lowest BCUT2D eigenvalue weighted by atomic mass is 9.93. The Morgan fingerprint density at radius 1 is 1.44 bits per heavy atom. The molecule has 16 heavy (non-hydrogen) atoms. The molecule has 5 heteroatoms. The van der Waals surface area contributed by atoms with Gasteiger partial charge < -0.3 is 15.4 Å². The third-order valence-corrected chi connectivity index (χ3v) is 3.45. The van der Waals surface area contributed by atoms with Crippen molar-refractivity contribution in [3.8, 4) is 0 Å². The first-order valence-corrected chi connectivity index (χ1v) is 5.80. The largest absolute Gasteiger partial charge is 0.375 e. The second-order valence-corrected chi connectivity index (χ2v) is 4.59. The number of rotatable bonds is 4. The van der Waals surface area contributed by atoms with Crippen molar-refractivity contribution in [2.45, 2.75) is 25.3 Å². The number of hydrogen-bond acceptors (Lipinski definition) is 3. The van der Waals surface area contributed by atoms with E-state index in [9.17, 15) is 4.79 Å². The zero-order valence-electron chi connectivity index (χ0n) is 9.70. The summed E-state index contributed by atoms with van der Waals surface area (Å²) in [5.74, 6) is 1.57. The summed E-state index contributed by atoms with van der Waals surface area (Å²) in [5, 5.41) is 6.38. The number of carbonyl (C=O) groups is 1. The standard InChI is InChI=1S/C11H20N2O2.ClH/c1-15-7-11(14)13-10-6-9(10)8-2-4-12-5-3-8;/h8-10,12H,2-7H2,1H3,(H,13,14);1H/t9-,10+;/m0./s1. The van der Waals surface area contributed by atoms with Crippen LogP contribution in [0.3, 0.4) is 0 Å². The third kappa shape index (κ3) is 3.61. The molecule has 0 spiro atoms. The van der Waals surface area contributed by atoms with Crippen LogP contribution in [-0.4, -0.2) is 38.8 Å². The summed E-state index contributed by atoms with van der Waals surface area (Å²) in [6, 6.07) is 0.427. The molecule has 0 aromatic rings. The van der Waals surface area contributed by atoms with Crippen LogP contribution in [0.4, 0.5) is 0 Å². The molecule has 2 atom stereocenters. The Bertz CT molecular complexity index is 232. The number of halogens is 1. The maximum absolute atomic E-state index is 11.3. The number of carbonyl (C=O) groups excluding carboxylic acids is 1. The Balaban J connectivity index is 0.00000128. The highest BCUT2D eigenvalue weighted by molar-refractivity contribution is 5.85. The van der Waals surface area contributed by atoms with E-state index in [2.05, 4.69) is 10.6 Å². The van der Waals surface area contributed by atoms with E-state index < -0.39 is 0 Å². The minimum Gasteiger partial charge on any atom is -0.375 e. The maximum atomic E-state index is 11.3. The first-order valence-electron chi connectivity index (χ1n) is 5.80. The molecule has 0 bridgehead atoms. The summed E-state index contributed by atoms with van der Waals surface area (Å²) in [6.45, 7) is 2.47. The Labute approximate surface area is 103 Å². The van der Waals surface area contributed by atoms with E-state index in [-0.39, 0.29) is 24.9 Å². The molecule has 4 nitrogen and oxygen atoms in total. The average Bonchev–Trinajstić information content (AvgIpc) is 2.99. The smallest absolute Gasteiger partial charge is 0.246 e. The minimum absolute atomic E-state index is 0. The van der Waals surface area contributed by atoms with Crippen molar-refractivity contribution in [1.29, 1.82) is 0 Å². The Hall–Kier alpha value is -0.320. The zero-order chi connectivity index (χ0) is 10.7. The van der Waals surface area contributed by atoms with Crippen molar-refractivity contribution < 1.29 is 9.53 Å². The molecule has 2 fully saturated rings. The van der Waals surface area contributed by atoms with Gasteiger partial charge in [0.25, 0.3) is 0 Å².